The molecule has 0 atom stereocenters. The van der Waals surface area contributed by atoms with Crippen LogP contribution in [0.4, 0.5) is 10.8 Å². The van der Waals surface area contributed by atoms with Crippen LogP contribution in [0.2, 0.25) is 0 Å². The van der Waals surface area contributed by atoms with Crippen LogP contribution in [-0.2, 0) is 0 Å². The molecule has 0 radical (unpaired) electrons. The lowest BCUT2D eigenvalue weighted by molar-refractivity contribution is 0.0714. The number of hydrogen-bond donors (Lipinski definition) is 1. The maximum absolute atomic E-state index is 12.5. The van der Waals surface area contributed by atoms with Crippen LogP contribution in [0.5, 0.6) is 0 Å². The molecule has 0 aliphatic carbocycles. The molecule has 1 aliphatic rings. The van der Waals surface area contributed by atoms with Gasteiger partial charge in [0.25, 0.3) is 5.91 Å². The van der Waals surface area contributed by atoms with Gasteiger partial charge in [0.2, 0.25) is 0 Å². The molecule has 1 aromatic carbocycles. The lowest BCUT2D eigenvalue weighted by Gasteiger charge is -2.25. The maximum atomic E-state index is 12.5. The smallest absolute Gasteiger partial charge is 0.276 e. The largest absolute Gasteiger partial charge is 0.354 e. The Bertz CT molecular complexity index is 894. The summed E-state index contributed by atoms with van der Waals surface area (Å²) in [7, 11) is 0. The fourth-order valence-corrected chi connectivity index (χ4v) is 3.68. The third-order valence-electron chi connectivity index (χ3n) is 4.43. The summed E-state index contributed by atoms with van der Waals surface area (Å²) in [5.41, 5.74) is 3.22. The van der Waals surface area contributed by atoms with Crippen LogP contribution in [-0.4, -0.2) is 34.0 Å². The van der Waals surface area contributed by atoms with Crippen molar-refractivity contribution in [3.05, 3.63) is 47.0 Å². The topological polar surface area (TPSA) is 71.3 Å². The van der Waals surface area contributed by atoms with E-state index < -0.39 is 0 Å². The first-order valence-electron chi connectivity index (χ1n) is 8.74. The van der Waals surface area contributed by atoms with E-state index in [9.17, 15) is 4.79 Å². The van der Waals surface area contributed by atoms with Crippen LogP contribution in [0.25, 0.3) is 11.5 Å². The molecule has 0 spiro atoms. The second-order valence-corrected chi connectivity index (χ2v) is 7.32. The van der Waals surface area contributed by atoms with Gasteiger partial charge in [0.15, 0.2) is 16.6 Å². The summed E-state index contributed by atoms with van der Waals surface area (Å²) in [6.45, 7) is 3.64. The maximum Gasteiger partial charge on any atom is 0.276 e. The highest BCUT2D eigenvalue weighted by Gasteiger charge is 2.22. The van der Waals surface area contributed by atoms with E-state index in [1.54, 1.807) is 6.07 Å². The number of nitrogens with one attached hydrogen (secondary N) is 1. The number of carbonyl (C=O) groups is 1. The van der Waals surface area contributed by atoms with Gasteiger partial charge in [-0.2, -0.15) is 0 Å². The number of aromatic nitrogens is 2. The van der Waals surface area contributed by atoms with Gasteiger partial charge in [0.05, 0.1) is 0 Å². The van der Waals surface area contributed by atoms with E-state index in [1.165, 1.54) is 23.3 Å². The van der Waals surface area contributed by atoms with Crippen molar-refractivity contribution in [3.63, 3.8) is 0 Å². The van der Waals surface area contributed by atoms with Crippen LogP contribution < -0.4 is 5.32 Å². The van der Waals surface area contributed by atoms with Crippen molar-refractivity contribution in [3.8, 4) is 11.5 Å². The molecule has 26 heavy (non-hydrogen) atoms. The SMILES string of the molecule is Cc1ccc(Nc2nc(-c3cc(C(=O)N4CCCCC4)no3)cs2)cc1. The molecule has 1 saturated heterocycles. The molecular formula is C19H20N4O2S. The van der Waals surface area contributed by atoms with Gasteiger partial charge in [-0.05, 0) is 38.3 Å². The minimum Gasteiger partial charge on any atom is -0.354 e. The van der Waals surface area contributed by atoms with Gasteiger partial charge in [0, 0.05) is 30.2 Å². The van der Waals surface area contributed by atoms with Gasteiger partial charge in [-0.1, -0.05) is 22.9 Å². The summed E-state index contributed by atoms with van der Waals surface area (Å²) in [4.78, 5) is 18.9. The van der Waals surface area contributed by atoms with Crippen LogP contribution in [0.3, 0.4) is 0 Å². The Morgan fingerprint density at radius 2 is 1.96 bits per heavy atom. The highest BCUT2D eigenvalue weighted by molar-refractivity contribution is 7.14. The van der Waals surface area contributed by atoms with Gasteiger partial charge in [0.1, 0.15) is 5.69 Å². The van der Waals surface area contributed by atoms with Crippen LogP contribution in [0.15, 0.2) is 40.2 Å². The number of nitrogens with zero attached hydrogens (tertiary/aromatic N) is 3. The van der Waals surface area contributed by atoms with Crippen molar-refractivity contribution in [2.24, 2.45) is 0 Å². The Labute approximate surface area is 155 Å². The number of likely N-dealkylation sites (tertiary alicyclic amines) is 1. The summed E-state index contributed by atoms with van der Waals surface area (Å²) in [6, 6.07) is 9.81. The van der Waals surface area contributed by atoms with Gasteiger partial charge >= 0.3 is 0 Å². The summed E-state index contributed by atoms with van der Waals surface area (Å²) in [5, 5.41) is 9.88. The molecular weight excluding hydrogens is 348 g/mol. The second kappa shape index (κ2) is 7.29. The molecule has 134 valence electrons. The van der Waals surface area contributed by atoms with Crippen molar-refractivity contribution >= 4 is 28.1 Å². The van der Waals surface area contributed by atoms with Crippen molar-refractivity contribution in [1.29, 1.82) is 0 Å². The number of hydrogen-bond acceptors (Lipinski definition) is 6. The molecule has 2 aromatic heterocycles. The molecule has 1 fully saturated rings. The highest BCUT2D eigenvalue weighted by Crippen LogP contribution is 2.28. The molecule has 6 nitrogen and oxygen atoms in total. The zero-order valence-corrected chi connectivity index (χ0v) is 15.4. The number of anilines is 2. The van der Waals surface area contributed by atoms with Crippen LogP contribution in [0, 0.1) is 6.92 Å². The third kappa shape index (κ3) is 3.62. The minimum atomic E-state index is -0.0621. The summed E-state index contributed by atoms with van der Waals surface area (Å²) >= 11 is 1.48. The number of carbonyl (C=O) groups excluding carboxylic acids is 1. The lowest BCUT2D eigenvalue weighted by atomic mass is 10.1. The molecule has 0 unspecified atom stereocenters. The van der Waals surface area contributed by atoms with Crippen molar-refractivity contribution in [2.75, 3.05) is 18.4 Å². The third-order valence-corrected chi connectivity index (χ3v) is 5.19. The first-order valence-corrected chi connectivity index (χ1v) is 9.62. The van der Waals surface area contributed by atoms with E-state index in [2.05, 4.69) is 22.4 Å². The predicted octanol–water partition coefficient (Wildman–Crippen LogP) is 4.48. The fraction of sp³-hybridized carbons (Fsp3) is 0.316. The Hall–Kier alpha value is -2.67. The predicted molar refractivity (Wildman–Crippen MR) is 102 cm³/mol. The van der Waals surface area contributed by atoms with Crippen molar-refractivity contribution in [2.45, 2.75) is 26.2 Å². The monoisotopic (exact) mass is 368 g/mol. The number of aryl methyl sites for hydroxylation is 1. The highest BCUT2D eigenvalue weighted by atomic mass is 32.1. The Balaban J connectivity index is 1.46. The first-order chi connectivity index (χ1) is 12.7. The van der Waals surface area contributed by atoms with Crippen molar-refractivity contribution < 1.29 is 9.32 Å². The zero-order chi connectivity index (χ0) is 17.9. The van der Waals surface area contributed by atoms with E-state index in [0.717, 1.165) is 36.8 Å². The van der Waals surface area contributed by atoms with Crippen LogP contribution in [0.1, 0.15) is 35.3 Å². The summed E-state index contributed by atoms with van der Waals surface area (Å²) in [5.74, 6) is 0.450. The van der Waals surface area contributed by atoms with E-state index in [4.69, 9.17) is 4.52 Å². The summed E-state index contributed by atoms with van der Waals surface area (Å²) in [6.07, 6.45) is 3.29. The quantitative estimate of drug-likeness (QED) is 0.735. The number of thiazole rings is 1. The molecule has 0 saturated carbocycles. The lowest BCUT2D eigenvalue weighted by Crippen LogP contribution is -2.35. The first kappa shape index (κ1) is 16.8. The minimum absolute atomic E-state index is 0.0621. The zero-order valence-electron chi connectivity index (χ0n) is 14.6. The Morgan fingerprint density at radius 1 is 1.19 bits per heavy atom. The molecule has 1 aliphatic heterocycles. The molecule has 0 bridgehead atoms. The second-order valence-electron chi connectivity index (χ2n) is 6.46. The van der Waals surface area contributed by atoms with Crippen LogP contribution >= 0.6 is 11.3 Å². The van der Waals surface area contributed by atoms with E-state index in [-0.39, 0.29) is 5.91 Å². The molecule has 1 N–H and O–H groups in total. The average molecular weight is 368 g/mol. The van der Waals surface area contributed by atoms with E-state index >= 15 is 0 Å². The standard InChI is InChI=1S/C19H20N4O2S/c1-13-5-7-14(8-6-13)20-19-21-16(12-26-19)17-11-15(22-25-17)18(24)23-9-3-2-4-10-23/h5-8,11-12H,2-4,9-10H2,1H3,(H,20,21). The molecule has 4 rings (SSSR count). The van der Waals surface area contributed by atoms with Gasteiger partial charge in [-0.15, -0.1) is 11.3 Å². The van der Waals surface area contributed by atoms with Gasteiger partial charge in [-0.3, -0.25) is 4.79 Å². The average Bonchev–Trinajstić information content (AvgIpc) is 3.33. The Morgan fingerprint density at radius 3 is 2.73 bits per heavy atom. The number of rotatable bonds is 4. The summed E-state index contributed by atoms with van der Waals surface area (Å²) < 4.78 is 5.36. The molecule has 1 amide bonds. The normalized spacial score (nSPS) is 14.4. The van der Waals surface area contributed by atoms with E-state index in [0.29, 0.717) is 17.1 Å². The fourth-order valence-electron chi connectivity index (χ4n) is 2.96. The number of piperidine rings is 1. The van der Waals surface area contributed by atoms with Crippen molar-refractivity contribution in [1.82, 2.24) is 15.0 Å². The molecule has 3 aromatic rings. The van der Waals surface area contributed by atoms with E-state index in [1.807, 2.05) is 34.5 Å². The number of benzene rings is 1. The Kier molecular flexibility index (Phi) is 4.71. The van der Waals surface area contributed by atoms with Gasteiger partial charge in [-0.25, -0.2) is 4.98 Å². The number of amides is 1. The molecule has 3 heterocycles. The van der Waals surface area contributed by atoms with Gasteiger partial charge < -0.3 is 14.7 Å². The molecule has 7 heteroatoms.